The number of likely N-dealkylation sites (tertiary alicyclic amines) is 1. The van der Waals surface area contributed by atoms with E-state index in [2.05, 4.69) is 24.2 Å². The van der Waals surface area contributed by atoms with Crippen LogP contribution >= 0.6 is 11.6 Å². The molecule has 0 bridgehead atoms. The monoisotopic (exact) mass is 256 g/mol. The smallest absolute Gasteiger partial charge is 0.142 e. The molecule has 0 amide bonds. The fraction of sp³-hybridized carbons (Fsp3) is 0.538. The average Bonchev–Trinajstić information content (AvgIpc) is 2.68. The highest BCUT2D eigenvalue weighted by Crippen LogP contribution is 2.21. The van der Waals surface area contributed by atoms with Crippen LogP contribution in [0.3, 0.4) is 0 Å². The molecular weight excluding hydrogens is 239 g/mol. The number of hydrogen-bond donors (Lipinski definition) is 1. The third kappa shape index (κ3) is 3.18. The first-order chi connectivity index (χ1) is 8.06. The van der Waals surface area contributed by atoms with Crippen LogP contribution in [-0.4, -0.2) is 31.1 Å². The lowest BCUT2D eigenvalue weighted by Crippen LogP contribution is -2.33. The zero-order valence-electron chi connectivity index (χ0n) is 10.2. The first-order valence-corrected chi connectivity index (χ1v) is 6.33. The normalized spacial score (nSPS) is 22.9. The number of nitrogens with zero attached hydrogens (tertiary/aromatic N) is 1. The van der Waals surface area contributed by atoms with Crippen LogP contribution < -0.4 is 5.32 Å². The van der Waals surface area contributed by atoms with Crippen molar-refractivity contribution in [1.82, 2.24) is 10.2 Å². The molecule has 0 spiro atoms. The molecule has 2 unspecified atom stereocenters. The van der Waals surface area contributed by atoms with Crippen LogP contribution in [0.25, 0.3) is 0 Å². The molecule has 0 radical (unpaired) electrons. The minimum atomic E-state index is -0.346. The summed E-state index contributed by atoms with van der Waals surface area (Å²) in [6.45, 7) is 4.24. The minimum Gasteiger partial charge on any atom is -0.306 e. The van der Waals surface area contributed by atoms with Crippen LogP contribution in [0.4, 0.5) is 4.39 Å². The van der Waals surface area contributed by atoms with Gasteiger partial charge in [0, 0.05) is 18.6 Å². The molecule has 1 aliphatic heterocycles. The molecule has 4 heteroatoms. The first kappa shape index (κ1) is 12.8. The summed E-state index contributed by atoms with van der Waals surface area (Å²) in [6, 6.07) is 5.65. The molecule has 1 N–H and O–H groups in total. The fourth-order valence-corrected chi connectivity index (χ4v) is 2.42. The predicted molar refractivity (Wildman–Crippen MR) is 68.9 cm³/mol. The van der Waals surface area contributed by atoms with Gasteiger partial charge in [-0.05, 0) is 44.6 Å². The lowest BCUT2D eigenvalue weighted by molar-refractivity contribution is 0.387. The van der Waals surface area contributed by atoms with E-state index in [-0.39, 0.29) is 16.9 Å². The quantitative estimate of drug-likeness (QED) is 0.895. The number of likely N-dealkylation sites (N-methyl/N-ethyl adjacent to an activating group) is 1. The van der Waals surface area contributed by atoms with Gasteiger partial charge in [0.25, 0.3) is 0 Å². The van der Waals surface area contributed by atoms with Crippen molar-refractivity contribution in [1.29, 1.82) is 0 Å². The molecule has 2 rings (SSSR count). The van der Waals surface area contributed by atoms with Gasteiger partial charge in [0.05, 0.1) is 5.02 Å². The zero-order chi connectivity index (χ0) is 12.4. The van der Waals surface area contributed by atoms with Crippen molar-refractivity contribution in [2.24, 2.45) is 0 Å². The van der Waals surface area contributed by atoms with Gasteiger partial charge in [-0.1, -0.05) is 17.7 Å². The predicted octanol–water partition coefficient (Wildman–Crippen LogP) is 2.83. The molecule has 1 fully saturated rings. The number of rotatable bonds is 3. The van der Waals surface area contributed by atoms with E-state index in [4.69, 9.17) is 11.6 Å². The van der Waals surface area contributed by atoms with E-state index >= 15 is 0 Å². The van der Waals surface area contributed by atoms with Gasteiger partial charge in [-0.25, -0.2) is 4.39 Å². The number of hydrogen-bond acceptors (Lipinski definition) is 2. The van der Waals surface area contributed by atoms with E-state index in [9.17, 15) is 4.39 Å². The molecule has 0 aliphatic carbocycles. The van der Waals surface area contributed by atoms with E-state index < -0.39 is 0 Å². The second kappa shape index (κ2) is 5.34. The number of halogens is 2. The molecule has 94 valence electrons. The summed E-state index contributed by atoms with van der Waals surface area (Å²) in [5.41, 5.74) is 0.946. The molecule has 1 saturated heterocycles. The average molecular weight is 257 g/mol. The summed E-state index contributed by atoms with van der Waals surface area (Å²) in [4.78, 5) is 2.30. The summed E-state index contributed by atoms with van der Waals surface area (Å²) in [5.74, 6) is -0.346. The van der Waals surface area contributed by atoms with Gasteiger partial charge in [0.15, 0.2) is 0 Å². The molecule has 0 aromatic heterocycles. The van der Waals surface area contributed by atoms with Crippen LogP contribution in [0, 0.1) is 5.82 Å². The molecular formula is C13H18ClFN2. The zero-order valence-corrected chi connectivity index (χ0v) is 11.0. The first-order valence-electron chi connectivity index (χ1n) is 5.96. The number of benzene rings is 1. The molecule has 1 aromatic carbocycles. The SMILES string of the molecule is CC(NC1CCN(C)C1)c1ccc(Cl)c(F)c1. The maximum atomic E-state index is 13.3. The summed E-state index contributed by atoms with van der Waals surface area (Å²) in [5, 5.41) is 3.70. The van der Waals surface area contributed by atoms with Gasteiger partial charge >= 0.3 is 0 Å². The summed E-state index contributed by atoms with van der Waals surface area (Å²) < 4.78 is 13.3. The Hall–Kier alpha value is -0.640. The Kier molecular flexibility index (Phi) is 4.02. The van der Waals surface area contributed by atoms with E-state index in [0.717, 1.165) is 25.1 Å². The van der Waals surface area contributed by atoms with E-state index in [1.54, 1.807) is 6.07 Å². The van der Waals surface area contributed by atoms with Crippen molar-refractivity contribution >= 4 is 11.6 Å². The maximum Gasteiger partial charge on any atom is 0.142 e. The Labute approximate surface area is 107 Å². The Morgan fingerprint density at radius 1 is 1.53 bits per heavy atom. The lowest BCUT2D eigenvalue weighted by Gasteiger charge is -2.20. The molecule has 17 heavy (non-hydrogen) atoms. The van der Waals surface area contributed by atoms with Crippen LogP contribution in [0.2, 0.25) is 5.02 Å². The summed E-state index contributed by atoms with van der Waals surface area (Å²) in [7, 11) is 2.12. The third-order valence-electron chi connectivity index (χ3n) is 3.32. The van der Waals surface area contributed by atoms with Crippen molar-refractivity contribution in [3.63, 3.8) is 0 Å². The second-order valence-electron chi connectivity index (χ2n) is 4.81. The van der Waals surface area contributed by atoms with Crippen molar-refractivity contribution in [2.45, 2.75) is 25.4 Å². The van der Waals surface area contributed by atoms with E-state index in [0.29, 0.717) is 6.04 Å². The van der Waals surface area contributed by atoms with Gasteiger partial charge in [-0.3, -0.25) is 0 Å². The number of nitrogens with one attached hydrogen (secondary N) is 1. The van der Waals surface area contributed by atoms with Crippen molar-refractivity contribution in [2.75, 3.05) is 20.1 Å². The van der Waals surface area contributed by atoms with Crippen molar-refractivity contribution < 1.29 is 4.39 Å². The van der Waals surface area contributed by atoms with Crippen molar-refractivity contribution in [3.05, 3.63) is 34.6 Å². The largest absolute Gasteiger partial charge is 0.306 e. The highest BCUT2D eigenvalue weighted by molar-refractivity contribution is 6.30. The van der Waals surface area contributed by atoms with Crippen molar-refractivity contribution in [3.8, 4) is 0 Å². The van der Waals surface area contributed by atoms with Gasteiger partial charge in [-0.2, -0.15) is 0 Å². The van der Waals surface area contributed by atoms with Crippen LogP contribution in [0.5, 0.6) is 0 Å². The highest BCUT2D eigenvalue weighted by atomic mass is 35.5. The Morgan fingerprint density at radius 2 is 2.29 bits per heavy atom. The summed E-state index contributed by atoms with van der Waals surface area (Å²) >= 11 is 5.67. The van der Waals surface area contributed by atoms with E-state index in [1.165, 1.54) is 6.07 Å². The third-order valence-corrected chi connectivity index (χ3v) is 3.63. The Balaban J connectivity index is 1.99. The Bertz CT molecular complexity index is 397. The van der Waals surface area contributed by atoms with Gasteiger partial charge in [-0.15, -0.1) is 0 Å². The molecule has 0 saturated carbocycles. The fourth-order valence-electron chi connectivity index (χ4n) is 2.30. The Morgan fingerprint density at radius 3 is 2.88 bits per heavy atom. The molecule has 2 nitrogen and oxygen atoms in total. The van der Waals surface area contributed by atoms with Gasteiger partial charge < -0.3 is 10.2 Å². The molecule has 2 atom stereocenters. The standard InChI is InChI=1S/C13H18ClFN2/c1-9(16-11-5-6-17(2)8-11)10-3-4-12(14)13(15)7-10/h3-4,7,9,11,16H,5-6,8H2,1-2H3. The minimum absolute atomic E-state index is 0.151. The summed E-state index contributed by atoms with van der Waals surface area (Å²) in [6.07, 6.45) is 1.15. The molecule has 1 aliphatic rings. The maximum absolute atomic E-state index is 13.3. The molecule has 1 heterocycles. The molecule has 1 aromatic rings. The van der Waals surface area contributed by atoms with Crippen LogP contribution in [0.15, 0.2) is 18.2 Å². The van der Waals surface area contributed by atoms with Crippen LogP contribution in [0.1, 0.15) is 24.9 Å². The second-order valence-corrected chi connectivity index (χ2v) is 5.22. The topological polar surface area (TPSA) is 15.3 Å². The van der Waals surface area contributed by atoms with Crippen LogP contribution in [-0.2, 0) is 0 Å². The van der Waals surface area contributed by atoms with Gasteiger partial charge in [0.2, 0.25) is 0 Å². The lowest BCUT2D eigenvalue weighted by atomic mass is 10.1. The van der Waals surface area contributed by atoms with E-state index in [1.807, 2.05) is 6.07 Å². The highest BCUT2D eigenvalue weighted by Gasteiger charge is 2.21. The van der Waals surface area contributed by atoms with Gasteiger partial charge in [0.1, 0.15) is 5.82 Å².